The lowest BCUT2D eigenvalue weighted by Crippen LogP contribution is -2.51. The maximum Gasteiger partial charge on any atom is 0.270 e. The molecule has 2 aliphatic heterocycles. The van der Waals surface area contributed by atoms with Gasteiger partial charge in [0.15, 0.2) is 5.75 Å². The Bertz CT molecular complexity index is 983. The lowest BCUT2D eigenvalue weighted by atomic mass is 9.91. The second-order valence-electron chi connectivity index (χ2n) is 7.47. The SMILES string of the molecule is Cc1ccc(N)cc1-c1cc2c(c(C3=CCOCC3)c1)OC(C)(CO)C(=O)N2. The molecule has 0 bridgehead atoms. The smallest absolute Gasteiger partial charge is 0.270 e. The summed E-state index contributed by atoms with van der Waals surface area (Å²) in [5, 5.41) is 12.6. The monoisotopic (exact) mass is 380 g/mol. The van der Waals surface area contributed by atoms with Crippen molar-refractivity contribution in [1.82, 2.24) is 0 Å². The first-order valence-electron chi connectivity index (χ1n) is 9.34. The number of benzene rings is 2. The van der Waals surface area contributed by atoms with Gasteiger partial charge in [-0.05, 0) is 66.8 Å². The van der Waals surface area contributed by atoms with Crippen molar-refractivity contribution in [2.24, 2.45) is 0 Å². The van der Waals surface area contributed by atoms with Crippen molar-refractivity contribution in [1.29, 1.82) is 0 Å². The number of anilines is 2. The number of hydrogen-bond donors (Lipinski definition) is 3. The van der Waals surface area contributed by atoms with Crippen LogP contribution in [0.4, 0.5) is 11.4 Å². The van der Waals surface area contributed by atoms with Gasteiger partial charge in [0.2, 0.25) is 5.60 Å². The molecule has 0 saturated heterocycles. The predicted molar refractivity (Wildman–Crippen MR) is 109 cm³/mol. The zero-order chi connectivity index (χ0) is 19.9. The van der Waals surface area contributed by atoms with Crippen molar-refractivity contribution in [2.75, 3.05) is 30.9 Å². The summed E-state index contributed by atoms with van der Waals surface area (Å²) < 4.78 is 11.5. The Morgan fingerprint density at radius 3 is 2.79 bits per heavy atom. The molecule has 2 aromatic carbocycles. The van der Waals surface area contributed by atoms with E-state index < -0.39 is 12.2 Å². The van der Waals surface area contributed by atoms with E-state index >= 15 is 0 Å². The van der Waals surface area contributed by atoms with Crippen LogP contribution in [0.15, 0.2) is 36.4 Å². The number of carbonyl (C=O) groups excluding carboxylic acids is 1. The summed E-state index contributed by atoms with van der Waals surface area (Å²) in [4.78, 5) is 12.5. The van der Waals surface area contributed by atoms with Gasteiger partial charge in [0, 0.05) is 11.3 Å². The topological polar surface area (TPSA) is 93.8 Å². The normalized spacial score (nSPS) is 21.4. The molecule has 6 nitrogen and oxygen atoms in total. The van der Waals surface area contributed by atoms with Crippen LogP contribution in [0.3, 0.4) is 0 Å². The van der Waals surface area contributed by atoms with E-state index in [1.165, 1.54) is 0 Å². The highest BCUT2D eigenvalue weighted by atomic mass is 16.5. The molecule has 2 aliphatic rings. The van der Waals surface area contributed by atoms with Crippen LogP contribution in [0.2, 0.25) is 0 Å². The van der Waals surface area contributed by atoms with Gasteiger partial charge in [-0.15, -0.1) is 0 Å². The standard InChI is InChI=1S/C22H24N2O4/c1-13-3-4-16(23)11-17(13)15-9-18(14-5-7-27-8-6-14)20-19(10-15)24-21(26)22(2,12-25)28-20/h3-5,9-11,25H,6-8,12,23H2,1-2H3,(H,24,26). The number of fused-ring (bicyclic) bond motifs is 1. The van der Waals surface area contributed by atoms with Crippen molar-refractivity contribution in [3.8, 4) is 16.9 Å². The second kappa shape index (κ2) is 6.96. The number of aryl methyl sites for hydroxylation is 1. The third-order valence-electron chi connectivity index (χ3n) is 5.33. The molecule has 0 aromatic heterocycles. The van der Waals surface area contributed by atoms with Gasteiger partial charge in [-0.25, -0.2) is 0 Å². The first-order valence-corrected chi connectivity index (χ1v) is 9.34. The average molecular weight is 380 g/mol. The maximum atomic E-state index is 12.5. The van der Waals surface area contributed by atoms with E-state index in [-0.39, 0.29) is 5.91 Å². The molecule has 0 spiro atoms. The molecule has 0 saturated carbocycles. The summed E-state index contributed by atoms with van der Waals surface area (Å²) in [6.45, 7) is 4.37. The largest absolute Gasteiger partial charge is 0.472 e. The molecular weight excluding hydrogens is 356 g/mol. The number of nitrogens with one attached hydrogen (secondary N) is 1. The summed E-state index contributed by atoms with van der Waals surface area (Å²) in [7, 11) is 0. The molecule has 1 unspecified atom stereocenters. The van der Waals surface area contributed by atoms with Crippen LogP contribution in [-0.4, -0.2) is 36.4 Å². The number of ether oxygens (including phenoxy) is 2. The predicted octanol–water partition coefficient (Wildman–Crippen LogP) is 3.13. The van der Waals surface area contributed by atoms with Crippen LogP contribution >= 0.6 is 0 Å². The zero-order valence-corrected chi connectivity index (χ0v) is 16.0. The van der Waals surface area contributed by atoms with Crippen molar-refractivity contribution in [3.05, 3.63) is 47.5 Å². The number of hydrogen-bond acceptors (Lipinski definition) is 5. The Kier molecular flexibility index (Phi) is 4.61. The first kappa shape index (κ1) is 18.5. The van der Waals surface area contributed by atoms with E-state index in [0.717, 1.165) is 34.2 Å². The summed E-state index contributed by atoms with van der Waals surface area (Å²) in [5.74, 6) is 0.213. The molecule has 146 valence electrons. The minimum atomic E-state index is -1.32. The Morgan fingerprint density at radius 2 is 2.07 bits per heavy atom. The van der Waals surface area contributed by atoms with Crippen molar-refractivity contribution >= 4 is 22.9 Å². The number of aliphatic hydroxyl groups excluding tert-OH is 1. The molecule has 2 heterocycles. The Balaban J connectivity index is 1.92. The summed E-state index contributed by atoms with van der Waals surface area (Å²) in [5.41, 5.74) is 11.0. The van der Waals surface area contributed by atoms with Gasteiger partial charge in [-0.1, -0.05) is 12.1 Å². The van der Waals surface area contributed by atoms with E-state index in [1.807, 2.05) is 37.3 Å². The van der Waals surface area contributed by atoms with Crippen LogP contribution in [-0.2, 0) is 9.53 Å². The zero-order valence-electron chi connectivity index (χ0n) is 16.0. The fourth-order valence-electron chi connectivity index (χ4n) is 3.58. The minimum absolute atomic E-state index is 0.365. The van der Waals surface area contributed by atoms with Crippen LogP contribution in [0, 0.1) is 6.92 Å². The maximum absolute atomic E-state index is 12.5. The Labute approximate surface area is 164 Å². The van der Waals surface area contributed by atoms with Gasteiger partial charge in [-0.2, -0.15) is 0 Å². The van der Waals surface area contributed by atoms with Gasteiger partial charge in [-0.3, -0.25) is 4.79 Å². The second-order valence-corrected chi connectivity index (χ2v) is 7.47. The molecule has 0 aliphatic carbocycles. The lowest BCUT2D eigenvalue weighted by molar-refractivity contribution is -0.134. The number of amides is 1. The molecule has 6 heteroatoms. The molecule has 2 aromatic rings. The number of nitrogen functional groups attached to an aromatic ring is 1. The van der Waals surface area contributed by atoms with E-state index in [9.17, 15) is 9.90 Å². The van der Waals surface area contributed by atoms with Gasteiger partial charge in [0.25, 0.3) is 5.91 Å². The first-order chi connectivity index (χ1) is 13.4. The van der Waals surface area contributed by atoms with E-state index in [1.54, 1.807) is 6.92 Å². The van der Waals surface area contributed by atoms with E-state index in [4.69, 9.17) is 15.2 Å². The number of aliphatic hydroxyl groups is 1. The van der Waals surface area contributed by atoms with Gasteiger partial charge >= 0.3 is 0 Å². The molecule has 4 rings (SSSR count). The minimum Gasteiger partial charge on any atom is -0.472 e. The fourth-order valence-corrected chi connectivity index (χ4v) is 3.58. The Morgan fingerprint density at radius 1 is 1.25 bits per heavy atom. The Hall–Kier alpha value is -2.83. The summed E-state index contributed by atoms with van der Waals surface area (Å²) >= 11 is 0. The highest BCUT2D eigenvalue weighted by Crippen LogP contribution is 2.44. The quantitative estimate of drug-likeness (QED) is 0.712. The molecule has 4 N–H and O–H groups in total. The van der Waals surface area contributed by atoms with Gasteiger partial charge in [0.1, 0.15) is 0 Å². The van der Waals surface area contributed by atoms with E-state index in [2.05, 4.69) is 11.4 Å². The molecule has 28 heavy (non-hydrogen) atoms. The van der Waals surface area contributed by atoms with Crippen LogP contribution in [0.25, 0.3) is 16.7 Å². The van der Waals surface area contributed by atoms with Crippen LogP contribution in [0.1, 0.15) is 24.5 Å². The van der Waals surface area contributed by atoms with Crippen molar-refractivity contribution < 1.29 is 19.4 Å². The third-order valence-corrected chi connectivity index (χ3v) is 5.33. The van der Waals surface area contributed by atoms with Crippen LogP contribution < -0.4 is 15.8 Å². The highest BCUT2D eigenvalue weighted by Gasteiger charge is 2.41. The summed E-state index contributed by atoms with van der Waals surface area (Å²) in [6, 6.07) is 9.75. The number of rotatable bonds is 3. The van der Waals surface area contributed by atoms with Crippen molar-refractivity contribution in [3.63, 3.8) is 0 Å². The summed E-state index contributed by atoms with van der Waals surface area (Å²) in [6.07, 6.45) is 2.78. The molecule has 1 atom stereocenters. The fraction of sp³-hybridized carbons (Fsp3) is 0.318. The lowest BCUT2D eigenvalue weighted by Gasteiger charge is -2.35. The van der Waals surface area contributed by atoms with Crippen molar-refractivity contribution in [2.45, 2.75) is 25.9 Å². The average Bonchev–Trinajstić information content (AvgIpc) is 2.70. The molecular formula is C22H24N2O4. The molecule has 0 fully saturated rings. The number of nitrogens with two attached hydrogens (primary N) is 1. The van der Waals surface area contributed by atoms with Gasteiger partial charge < -0.3 is 25.6 Å². The van der Waals surface area contributed by atoms with E-state index in [0.29, 0.717) is 30.3 Å². The van der Waals surface area contributed by atoms with Gasteiger partial charge in [0.05, 0.1) is 25.5 Å². The number of carbonyl (C=O) groups is 1. The van der Waals surface area contributed by atoms with Crippen LogP contribution in [0.5, 0.6) is 5.75 Å². The molecule has 1 amide bonds. The highest BCUT2D eigenvalue weighted by molar-refractivity contribution is 6.03. The third kappa shape index (κ3) is 3.15. The molecule has 0 radical (unpaired) electrons.